The van der Waals surface area contributed by atoms with Crippen molar-refractivity contribution in [2.75, 3.05) is 36.8 Å². The van der Waals surface area contributed by atoms with E-state index in [0.717, 1.165) is 28.3 Å². The van der Waals surface area contributed by atoms with Gasteiger partial charge in [0.25, 0.3) is 11.8 Å². The summed E-state index contributed by atoms with van der Waals surface area (Å²) in [7, 11) is 0.929. The molecule has 2 aliphatic heterocycles. The van der Waals surface area contributed by atoms with E-state index in [-0.39, 0.29) is 36.0 Å². The van der Waals surface area contributed by atoms with Crippen molar-refractivity contribution < 1.29 is 28.9 Å². The molecule has 12 nitrogen and oxygen atoms in total. The number of anilines is 3. The number of benzene rings is 4. The number of aryl methyl sites for hydroxylation is 1. The Morgan fingerprint density at radius 1 is 0.982 bits per heavy atom. The fourth-order valence-corrected chi connectivity index (χ4v) is 12.6. The number of nitrogen functional groups attached to an aromatic ring is 1. The van der Waals surface area contributed by atoms with E-state index in [1.807, 2.05) is 65.7 Å². The van der Waals surface area contributed by atoms with Crippen LogP contribution in [0.2, 0.25) is 18.6 Å². The monoisotopic (exact) mass is 760 g/mol. The van der Waals surface area contributed by atoms with Crippen molar-refractivity contribution in [1.82, 2.24) is 15.0 Å². The summed E-state index contributed by atoms with van der Waals surface area (Å²) < 4.78 is 20.3. The smallest absolute Gasteiger partial charge is 0.264 e. The van der Waals surface area contributed by atoms with Crippen LogP contribution < -0.4 is 30.6 Å². The Bertz CT molecular complexity index is 2160. The topological polar surface area (TPSA) is 154 Å². The Balaban J connectivity index is 1.21. The molecule has 2 aliphatic rings. The van der Waals surface area contributed by atoms with Crippen LogP contribution in [0.4, 0.5) is 17.1 Å². The summed E-state index contributed by atoms with van der Waals surface area (Å²) in [5.41, 5.74) is 9.51. The summed E-state index contributed by atoms with van der Waals surface area (Å²) in [6.07, 6.45) is 2.63. The molecular formula is C42H48N6O6Si. The van der Waals surface area contributed by atoms with Gasteiger partial charge in [0.1, 0.15) is 11.5 Å². The molecule has 4 N–H and O–H groups in total. The molecule has 1 fully saturated rings. The highest BCUT2D eigenvalue weighted by Crippen LogP contribution is 2.60. The zero-order valence-electron chi connectivity index (χ0n) is 31.9. The number of rotatable bonds is 13. The third-order valence-corrected chi connectivity index (χ3v) is 15.7. The highest BCUT2D eigenvalue weighted by Gasteiger charge is 2.66. The quantitative estimate of drug-likeness (QED) is 0.104. The number of fused-ring (bicyclic) bond motifs is 2. The van der Waals surface area contributed by atoms with Gasteiger partial charge in [-0.3, -0.25) is 14.3 Å². The third kappa shape index (κ3) is 7.10. The van der Waals surface area contributed by atoms with Crippen molar-refractivity contribution in [3.63, 3.8) is 0 Å². The molecule has 3 heterocycles. The molecule has 0 radical (unpaired) electrons. The second-order valence-electron chi connectivity index (χ2n) is 14.9. The zero-order chi connectivity index (χ0) is 38.9. The Labute approximate surface area is 322 Å². The molecule has 1 saturated heterocycles. The van der Waals surface area contributed by atoms with Gasteiger partial charge in [-0.15, -0.1) is 5.10 Å². The van der Waals surface area contributed by atoms with E-state index in [1.165, 1.54) is 5.19 Å². The van der Waals surface area contributed by atoms with E-state index in [0.29, 0.717) is 48.6 Å². The first-order valence-electron chi connectivity index (χ1n) is 18.6. The van der Waals surface area contributed by atoms with Crippen molar-refractivity contribution >= 4 is 42.1 Å². The maximum absolute atomic E-state index is 15.2. The van der Waals surface area contributed by atoms with Crippen molar-refractivity contribution in [3.8, 4) is 11.5 Å². The molecule has 4 atom stereocenters. The summed E-state index contributed by atoms with van der Waals surface area (Å²) in [6.45, 7) is 7.74. The van der Waals surface area contributed by atoms with Crippen LogP contribution >= 0.6 is 0 Å². The molecule has 5 aromatic rings. The van der Waals surface area contributed by atoms with E-state index in [4.69, 9.17) is 19.9 Å². The molecule has 4 aromatic carbocycles. The fourth-order valence-electron chi connectivity index (χ4n) is 8.50. The SMILES string of the molecule is COc1ccc([Si](C)(C)[C@H]2[C@H](CCn3cc(CCO)nn3)O[C@@]3(C(=O)N(Cc4ccc(NC(=O)c5ccc(N)cc5)cc4)c4ccc(OC)cc43)[C@@H]2C)cc1. The molecule has 0 unspecified atom stereocenters. The molecule has 0 saturated carbocycles. The van der Waals surface area contributed by atoms with Crippen LogP contribution in [-0.2, 0) is 34.6 Å². The van der Waals surface area contributed by atoms with E-state index in [2.05, 4.69) is 47.8 Å². The number of aromatic nitrogens is 3. The number of methoxy groups -OCH3 is 2. The highest BCUT2D eigenvalue weighted by molar-refractivity contribution is 6.91. The lowest BCUT2D eigenvalue weighted by atomic mass is 9.82. The molecule has 0 bridgehead atoms. The fraction of sp³-hybridized carbons (Fsp3) is 0.333. The standard InChI is InChI=1S/C42H48N6O6Si/c1-27-39(55(4,5)35-17-14-33(52-2)15-18-35)38(20-22-47-26-32(21-23-49)45-46-47)54-42(27)36-24-34(53-3)16-19-37(36)48(41(42)51)25-28-6-12-31(13-7-28)44-40(50)29-8-10-30(43)11-9-29/h6-19,24,26-27,38-39,49H,20-23,25,43H2,1-5H3,(H,44,50)/t27-,38+,39-,42+/m1/s1. The van der Waals surface area contributed by atoms with Crippen LogP contribution in [0, 0.1) is 5.92 Å². The first kappa shape index (κ1) is 37.8. The number of hydrogen-bond acceptors (Lipinski definition) is 9. The van der Waals surface area contributed by atoms with Crippen LogP contribution in [0.15, 0.2) is 97.2 Å². The number of ether oxygens (including phenoxy) is 3. The molecule has 286 valence electrons. The molecular weight excluding hydrogens is 713 g/mol. The zero-order valence-corrected chi connectivity index (χ0v) is 32.9. The summed E-state index contributed by atoms with van der Waals surface area (Å²) in [5.74, 6) is 0.898. The summed E-state index contributed by atoms with van der Waals surface area (Å²) in [4.78, 5) is 29.9. The number of amides is 2. The average molecular weight is 761 g/mol. The normalized spacial score (nSPS) is 20.5. The van der Waals surface area contributed by atoms with Crippen LogP contribution in [-0.4, -0.2) is 66.9 Å². The maximum atomic E-state index is 15.2. The highest BCUT2D eigenvalue weighted by atomic mass is 28.3. The lowest BCUT2D eigenvalue weighted by molar-refractivity contribution is -0.146. The molecule has 2 amide bonds. The van der Waals surface area contributed by atoms with Crippen molar-refractivity contribution in [2.45, 2.75) is 63.2 Å². The van der Waals surface area contributed by atoms with Gasteiger partial charge in [-0.25, -0.2) is 0 Å². The van der Waals surface area contributed by atoms with Gasteiger partial charge in [-0.05, 0) is 84.3 Å². The third-order valence-electron chi connectivity index (χ3n) is 11.4. The van der Waals surface area contributed by atoms with Gasteiger partial charge in [-0.1, -0.05) is 54.7 Å². The second-order valence-corrected chi connectivity index (χ2v) is 19.6. The minimum absolute atomic E-state index is 0.000891. The van der Waals surface area contributed by atoms with Gasteiger partial charge in [0.05, 0.1) is 46.3 Å². The van der Waals surface area contributed by atoms with E-state index in [1.54, 1.807) is 43.2 Å². The van der Waals surface area contributed by atoms with Crippen LogP contribution in [0.5, 0.6) is 11.5 Å². The lowest BCUT2D eigenvalue weighted by Gasteiger charge is -2.37. The summed E-state index contributed by atoms with van der Waals surface area (Å²) >= 11 is 0. The molecule has 55 heavy (non-hydrogen) atoms. The number of hydrogen-bond donors (Lipinski definition) is 3. The first-order valence-corrected chi connectivity index (χ1v) is 21.6. The molecule has 7 rings (SSSR count). The predicted octanol–water partition coefficient (Wildman–Crippen LogP) is 5.52. The lowest BCUT2D eigenvalue weighted by Crippen LogP contribution is -2.51. The van der Waals surface area contributed by atoms with Crippen molar-refractivity contribution in [2.24, 2.45) is 5.92 Å². The Kier molecular flexibility index (Phi) is 10.5. The number of carbonyl (C=O) groups excluding carboxylic acids is 2. The average Bonchev–Trinajstić information content (AvgIpc) is 3.84. The second kappa shape index (κ2) is 15.3. The Hall–Kier alpha value is -5.50. The van der Waals surface area contributed by atoms with E-state index in [9.17, 15) is 9.90 Å². The molecule has 1 spiro atoms. The van der Waals surface area contributed by atoms with Gasteiger partial charge in [0.15, 0.2) is 5.60 Å². The maximum Gasteiger partial charge on any atom is 0.264 e. The Morgan fingerprint density at radius 2 is 1.67 bits per heavy atom. The van der Waals surface area contributed by atoms with Gasteiger partial charge in [0.2, 0.25) is 0 Å². The number of carbonyl (C=O) groups is 2. The number of nitrogens with one attached hydrogen (secondary N) is 1. The van der Waals surface area contributed by atoms with E-state index < -0.39 is 13.7 Å². The molecule has 1 aromatic heterocycles. The summed E-state index contributed by atoms with van der Waals surface area (Å²) in [6, 6.07) is 28.4. The van der Waals surface area contributed by atoms with Crippen LogP contribution in [0.3, 0.4) is 0 Å². The number of nitrogens with zero attached hydrogens (tertiary/aromatic N) is 4. The largest absolute Gasteiger partial charge is 0.497 e. The van der Waals surface area contributed by atoms with Gasteiger partial charge in [-0.2, -0.15) is 0 Å². The number of nitrogens with two attached hydrogens (primary N) is 1. The van der Waals surface area contributed by atoms with Gasteiger partial charge < -0.3 is 35.3 Å². The van der Waals surface area contributed by atoms with Crippen molar-refractivity contribution in [1.29, 1.82) is 0 Å². The molecule has 13 heteroatoms. The Morgan fingerprint density at radius 3 is 2.35 bits per heavy atom. The minimum Gasteiger partial charge on any atom is -0.497 e. The van der Waals surface area contributed by atoms with E-state index >= 15 is 4.79 Å². The molecule has 0 aliphatic carbocycles. The van der Waals surface area contributed by atoms with Crippen molar-refractivity contribution in [3.05, 3.63) is 120 Å². The van der Waals surface area contributed by atoms with Crippen LogP contribution in [0.1, 0.15) is 40.5 Å². The predicted molar refractivity (Wildman–Crippen MR) is 214 cm³/mol. The summed E-state index contributed by atoms with van der Waals surface area (Å²) in [5, 5.41) is 22.2. The minimum atomic E-state index is -2.37. The van der Waals surface area contributed by atoms with Gasteiger partial charge in [0, 0.05) is 54.2 Å². The number of aliphatic hydroxyl groups excluding tert-OH is 1. The number of aliphatic hydroxyl groups is 1. The first-order chi connectivity index (χ1) is 26.5. The van der Waals surface area contributed by atoms with Gasteiger partial charge >= 0.3 is 0 Å². The van der Waals surface area contributed by atoms with Crippen LogP contribution in [0.25, 0.3) is 0 Å².